The summed E-state index contributed by atoms with van der Waals surface area (Å²) in [6, 6.07) is 0.848. The molecule has 1 atom stereocenters. The molecule has 88 valence electrons. The van der Waals surface area contributed by atoms with Crippen molar-refractivity contribution in [1.82, 2.24) is 10.2 Å². The Morgan fingerprint density at radius 3 is 2.47 bits per heavy atom. The summed E-state index contributed by atoms with van der Waals surface area (Å²) in [5, 5.41) is 3.59. The summed E-state index contributed by atoms with van der Waals surface area (Å²) >= 11 is 0. The molecule has 0 spiro atoms. The van der Waals surface area contributed by atoms with E-state index in [4.69, 9.17) is 0 Å². The second kappa shape index (κ2) is 3.74. The van der Waals surface area contributed by atoms with Gasteiger partial charge in [0.25, 0.3) is 0 Å². The van der Waals surface area contributed by atoms with E-state index in [0.29, 0.717) is 11.0 Å². The first kappa shape index (κ1) is 11.4. The number of nitrogens with one attached hydrogen (secondary N) is 1. The Bertz CT molecular complexity index is 233. The van der Waals surface area contributed by atoms with Crippen LogP contribution in [0.3, 0.4) is 0 Å². The van der Waals surface area contributed by atoms with Crippen molar-refractivity contribution in [2.75, 3.05) is 19.6 Å². The highest BCUT2D eigenvalue weighted by molar-refractivity contribution is 4.94. The van der Waals surface area contributed by atoms with Gasteiger partial charge in [0.15, 0.2) is 0 Å². The van der Waals surface area contributed by atoms with Crippen molar-refractivity contribution < 1.29 is 0 Å². The van der Waals surface area contributed by atoms with Crippen LogP contribution in [-0.2, 0) is 0 Å². The van der Waals surface area contributed by atoms with Crippen LogP contribution in [0.5, 0.6) is 0 Å². The van der Waals surface area contributed by atoms with E-state index in [2.05, 4.69) is 37.9 Å². The Balaban J connectivity index is 1.94. The molecular formula is C13H26N2. The molecule has 2 nitrogen and oxygen atoms in total. The maximum Gasteiger partial charge on any atom is 0.0252 e. The van der Waals surface area contributed by atoms with E-state index in [9.17, 15) is 0 Å². The standard InChI is InChI=1S/C13H26N2/c1-12(2)6-5-11(9-12)15-8-7-14-13(3,4)10-15/h11,14H,5-10H2,1-4H3. The summed E-state index contributed by atoms with van der Waals surface area (Å²) in [5.74, 6) is 0. The SMILES string of the molecule is CC1(C)CCC(N2CCNC(C)(C)C2)C1. The van der Waals surface area contributed by atoms with Gasteiger partial charge in [-0.05, 0) is 38.5 Å². The van der Waals surface area contributed by atoms with Crippen molar-refractivity contribution >= 4 is 0 Å². The van der Waals surface area contributed by atoms with Gasteiger partial charge in [0, 0.05) is 31.2 Å². The zero-order valence-electron chi connectivity index (χ0n) is 10.8. The maximum atomic E-state index is 3.59. The van der Waals surface area contributed by atoms with E-state index in [1.54, 1.807) is 0 Å². The lowest BCUT2D eigenvalue weighted by atomic mass is 9.91. The van der Waals surface area contributed by atoms with Gasteiger partial charge < -0.3 is 5.32 Å². The minimum absolute atomic E-state index is 0.310. The topological polar surface area (TPSA) is 15.3 Å². The minimum Gasteiger partial charge on any atom is -0.309 e. The molecule has 1 heterocycles. The van der Waals surface area contributed by atoms with Gasteiger partial charge >= 0.3 is 0 Å². The molecule has 2 fully saturated rings. The third kappa shape index (κ3) is 2.73. The van der Waals surface area contributed by atoms with E-state index in [1.807, 2.05) is 0 Å². The third-order valence-electron chi connectivity index (χ3n) is 4.06. The monoisotopic (exact) mass is 210 g/mol. The summed E-state index contributed by atoms with van der Waals surface area (Å²) in [4.78, 5) is 2.71. The Hall–Kier alpha value is -0.0800. The second-order valence-corrected chi connectivity index (χ2v) is 6.84. The first-order chi connectivity index (χ1) is 6.88. The van der Waals surface area contributed by atoms with Crippen molar-refractivity contribution in [3.05, 3.63) is 0 Å². The molecule has 1 aliphatic heterocycles. The van der Waals surface area contributed by atoms with Crippen molar-refractivity contribution in [3.8, 4) is 0 Å². The van der Waals surface area contributed by atoms with E-state index < -0.39 is 0 Å². The minimum atomic E-state index is 0.310. The van der Waals surface area contributed by atoms with Crippen molar-refractivity contribution in [2.24, 2.45) is 5.41 Å². The molecule has 2 rings (SSSR count). The summed E-state index contributed by atoms with van der Waals surface area (Å²) < 4.78 is 0. The van der Waals surface area contributed by atoms with E-state index >= 15 is 0 Å². The van der Waals surface area contributed by atoms with Gasteiger partial charge in [-0.1, -0.05) is 13.8 Å². The summed E-state index contributed by atoms with van der Waals surface area (Å²) in [6.07, 6.45) is 4.20. The fourth-order valence-electron chi connectivity index (χ4n) is 3.20. The van der Waals surface area contributed by atoms with Crippen LogP contribution in [0.25, 0.3) is 0 Å². The van der Waals surface area contributed by atoms with E-state index in [0.717, 1.165) is 12.6 Å². The maximum absolute atomic E-state index is 3.59. The zero-order valence-corrected chi connectivity index (χ0v) is 10.8. The van der Waals surface area contributed by atoms with Crippen molar-refractivity contribution in [1.29, 1.82) is 0 Å². The molecule has 0 radical (unpaired) electrons. The van der Waals surface area contributed by atoms with E-state index in [1.165, 1.54) is 32.4 Å². The molecule has 2 aliphatic rings. The highest BCUT2D eigenvalue weighted by Gasteiger charge is 2.37. The Morgan fingerprint density at radius 2 is 1.93 bits per heavy atom. The van der Waals surface area contributed by atoms with Crippen molar-refractivity contribution in [2.45, 2.75) is 58.5 Å². The van der Waals surface area contributed by atoms with Crippen LogP contribution >= 0.6 is 0 Å². The van der Waals surface area contributed by atoms with Crippen LogP contribution in [0, 0.1) is 5.41 Å². The summed E-state index contributed by atoms with van der Waals surface area (Å²) in [6.45, 7) is 13.1. The Kier molecular flexibility index (Phi) is 2.85. The molecule has 1 N–H and O–H groups in total. The van der Waals surface area contributed by atoms with Gasteiger partial charge in [0.2, 0.25) is 0 Å². The zero-order chi connectivity index (χ0) is 11.1. The first-order valence-corrected chi connectivity index (χ1v) is 6.37. The molecular weight excluding hydrogens is 184 g/mol. The quantitative estimate of drug-likeness (QED) is 0.714. The lowest BCUT2D eigenvalue weighted by Crippen LogP contribution is -2.59. The molecule has 0 aromatic rings. The largest absolute Gasteiger partial charge is 0.309 e. The van der Waals surface area contributed by atoms with Gasteiger partial charge in [-0.3, -0.25) is 4.90 Å². The molecule has 1 saturated heterocycles. The number of hydrogen-bond donors (Lipinski definition) is 1. The molecule has 2 heteroatoms. The molecule has 0 aromatic heterocycles. The lowest BCUT2D eigenvalue weighted by molar-refractivity contribution is 0.105. The summed E-state index contributed by atoms with van der Waals surface area (Å²) in [5.41, 5.74) is 0.894. The number of nitrogens with zero attached hydrogens (tertiary/aromatic N) is 1. The molecule has 0 amide bonds. The van der Waals surface area contributed by atoms with E-state index in [-0.39, 0.29) is 0 Å². The molecule has 15 heavy (non-hydrogen) atoms. The van der Waals surface area contributed by atoms with Gasteiger partial charge in [-0.15, -0.1) is 0 Å². The highest BCUT2D eigenvalue weighted by Crippen LogP contribution is 2.39. The fourth-order valence-corrected chi connectivity index (χ4v) is 3.20. The third-order valence-corrected chi connectivity index (χ3v) is 4.06. The molecule has 1 unspecified atom stereocenters. The molecule has 1 aliphatic carbocycles. The molecule has 0 aromatic carbocycles. The van der Waals surface area contributed by atoms with Crippen molar-refractivity contribution in [3.63, 3.8) is 0 Å². The van der Waals surface area contributed by atoms with Gasteiger partial charge in [0.05, 0.1) is 0 Å². The van der Waals surface area contributed by atoms with Crippen LogP contribution < -0.4 is 5.32 Å². The Morgan fingerprint density at radius 1 is 1.20 bits per heavy atom. The predicted octanol–water partition coefficient (Wildman–Crippen LogP) is 2.25. The fraction of sp³-hybridized carbons (Fsp3) is 1.00. The number of rotatable bonds is 1. The Labute approximate surface area is 94.4 Å². The first-order valence-electron chi connectivity index (χ1n) is 6.37. The second-order valence-electron chi connectivity index (χ2n) is 6.84. The number of piperazine rings is 1. The molecule has 0 bridgehead atoms. The smallest absolute Gasteiger partial charge is 0.0252 e. The van der Waals surface area contributed by atoms with Crippen LogP contribution in [0.15, 0.2) is 0 Å². The normalized spacial score (nSPS) is 35.6. The average Bonchev–Trinajstić information content (AvgIpc) is 2.44. The predicted molar refractivity (Wildman–Crippen MR) is 65.1 cm³/mol. The van der Waals surface area contributed by atoms with Gasteiger partial charge in [-0.2, -0.15) is 0 Å². The lowest BCUT2D eigenvalue weighted by Gasteiger charge is -2.42. The molecule has 1 saturated carbocycles. The van der Waals surface area contributed by atoms with Crippen LogP contribution in [0.1, 0.15) is 47.0 Å². The average molecular weight is 210 g/mol. The van der Waals surface area contributed by atoms with Crippen LogP contribution in [-0.4, -0.2) is 36.1 Å². The number of hydrogen-bond acceptors (Lipinski definition) is 2. The summed E-state index contributed by atoms with van der Waals surface area (Å²) in [7, 11) is 0. The van der Waals surface area contributed by atoms with Crippen LogP contribution in [0.2, 0.25) is 0 Å². The van der Waals surface area contributed by atoms with Crippen LogP contribution in [0.4, 0.5) is 0 Å². The van der Waals surface area contributed by atoms with Gasteiger partial charge in [-0.25, -0.2) is 0 Å². The van der Waals surface area contributed by atoms with Gasteiger partial charge in [0.1, 0.15) is 0 Å². The highest BCUT2D eigenvalue weighted by atomic mass is 15.2.